The number of hydrogen-bond acceptors (Lipinski definition) is 9. The number of hydrogen-bond donors (Lipinski definition) is 2. The van der Waals surface area contributed by atoms with Crippen molar-refractivity contribution < 1.29 is 23.8 Å². The van der Waals surface area contributed by atoms with E-state index in [1.54, 1.807) is 24.4 Å². The molecule has 2 fully saturated rings. The molecule has 7 rings (SSSR count). The summed E-state index contributed by atoms with van der Waals surface area (Å²) >= 11 is 6.85. The third-order valence-corrected chi connectivity index (χ3v) is 10.8. The van der Waals surface area contributed by atoms with E-state index in [2.05, 4.69) is 48.4 Å². The molecule has 268 valence electrons. The minimum atomic E-state index is -0.831. The Morgan fingerprint density at radius 1 is 1.08 bits per heavy atom. The molecule has 0 radical (unpaired) electrons. The summed E-state index contributed by atoms with van der Waals surface area (Å²) in [6, 6.07) is 19.2. The van der Waals surface area contributed by atoms with Gasteiger partial charge in [0.15, 0.2) is 5.58 Å². The predicted molar refractivity (Wildman–Crippen MR) is 198 cm³/mol. The molecule has 2 aliphatic rings. The van der Waals surface area contributed by atoms with Crippen LogP contribution in [0.1, 0.15) is 72.7 Å². The van der Waals surface area contributed by atoms with E-state index in [9.17, 15) is 15.2 Å². The van der Waals surface area contributed by atoms with Crippen molar-refractivity contribution in [3.8, 4) is 28.7 Å². The predicted octanol–water partition coefficient (Wildman–Crippen LogP) is 7.96. The minimum absolute atomic E-state index is 0.0733. The fourth-order valence-corrected chi connectivity index (χ4v) is 7.51. The fourth-order valence-electron chi connectivity index (χ4n) is 7.27. The van der Waals surface area contributed by atoms with E-state index in [1.807, 2.05) is 23.1 Å². The van der Waals surface area contributed by atoms with Gasteiger partial charge in [0.1, 0.15) is 42.3 Å². The minimum Gasteiger partial charge on any atom is -0.488 e. The van der Waals surface area contributed by atoms with Gasteiger partial charge >= 0.3 is 5.97 Å². The molecular weight excluding hydrogens is 678 g/mol. The maximum atomic E-state index is 12.1. The highest BCUT2D eigenvalue weighted by atomic mass is 35.5. The van der Waals surface area contributed by atoms with Crippen LogP contribution < -0.4 is 14.8 Å². The molecule has 2 saturated heterocycles. The Kier molecular flexibility index (Phi) is 10.5. The number of nitriles is 1. The molecular formula is C41H42ClN5O5. The Hall–Kier alpha value is -4.95. The zero-order valence-corrected chi connectivity index (χ0v) is 30.2. The number of piperidine rings is 2. The highest BCUT2D eigenvalue weighted by Gasteiger charge is 2.34. The van der Waals surface area contributed by atoms with Gasteiger partial charge in [0.2, 0.25) is 5.89 Å². The normalized spacial score (nSPS) is 17.5. The van der Waals surface area contributed by atoms with Gasteiger partial charge in [-0.25, -0.2) is 4.98 Å². The largest absolute Gasteiger partial charge is 0.488 e. The van der Waals surface area contributed by atoms with Gasteiger partial charge < -0.3 is 24.3 Å². The highest BCUT2D eigenvalue weighted by molar-refractivity contribution is 6.32. The summed E-state index contributed by atoms with van der Waals surface area (Å²) < 4.78 is 18.9. The Morgan fingerprint density at radius 3 is 2.71 bits per heavy atom. The number of benzene rings is 3. The third-order valence-electron chi connectivity index (χ3n) is 10.5. The summed E-state index contributed by atoms with van der Waals surface area (Å²) in [6.45, 7) is 7.69. The SMILES string of the molecule is Cc1c(COc2cc(OCc3cncc(C#N)c3)c(CN3CCCC[C@H]3C(=O)O)cc2Cl)cccc1-c1ccc2oc(C3(C)CCNCC3)nc2c1. The summed E-state index contributed by atoms with van der Waals surface area (Å²) in [7, 11) is 0. The fraction of sp³-hybridized carbons (Fsp3) is 0.366. The van der Waals surface area contributed by atoms with Gasteiger partial charge in [-0.2, -0.15) is 5.26 Å². The molecule has 10 nitrogen and oxygen atoms in total. The molecule has 0 bridgehead atoms. The van der Waals surface area contributed by atoms with Crippen molar-refractivity contribution >= 4 is 28.7 Å². The quantitative estimate of drug-likeness (QED) is 0.138. The van der Waals surface area contributed by atoms with E-state index in [0.717, 1.165) is 89.1 Å². The summed E-state index contributed by atoms with van der Waals surface area (Å²) in [5, 5.41) is 23.1. The maximum absolute atomic E-state index is 12.1. The molecule has 2 aromatic heterocycles. The second-order valence-electron chi connectivity index (χ2n) is 14.1. The molecule has 1 atom stereocenters. The molecule has 0 unspecified atom stereocenters. The van der Waals surface area contributed by atoms with Crippen LogP contribution in [0.5, 0.6) is 11.5 Å². The van der Waals surface area contributed by atoms with Crippen LogP contribution in [0, 0.1) is 18.3 Å². The van der Waals surface area contributed by atoms with E-state index < -0.39 is 12.0 Å². The third kappa shape index (κ3) is 7.63. The van der Waals surface area contributed by atoms with Crippen LogP contribution in [0.2, 0.25) is 5.02 Å². The van der Waals surface area contributed by atoms with E-state index in [0.29, 0.717) is 41.6 Å². The number of carboxylic acid groups (broad SMARTS) is 1. The van der Waals surface area contributed by atoms with Crippen LogP contribution in [0.4, 0.5) is 0 Å². The van der Waals surface area contributed by atoms with Crippen molar-refractivity contribution in [3.63, 3.8) is 0 Å². The molecule has 0 spiro atoms. The maximum Gasteiger partial charge on any atom is 0.320 e. The molecule has 0 amide bonds. The number of carbonyl (C=O) groups is 1. The zero-order valence-electron chi connectivity index (χ0n) is 29.5. The number of oxazole rings is 1. The summed E-state index contributed by atoms with van der Waals surface area (Å²) in [4.78, 5) is 23.1. The average molecular weight is 720 g/mol. The zero-order chi connectivity index (χ0) is 36.2. The van der Waals surface area contributed by atoms with Crippen LogP contribution in [0.15, 0.2) is 71.4 Å². The lowest BCUT2D eigenvalue weighted by molar-refractivity contribution is -0.144. The van der Waals surface area contributed by atoms with Crippen molar-refractivity contribution in [3.05, 3.63) is 106 Å². The first-order valence-electron chi connectivity index (χ1n) is 17.8. The lowest BCUT2D eigenvalue weighted by Crippen LogP contribution is -2.44. The number of carboxylic acids is 1. The van der Waals surface area contributed by atoms with Crippen LogP contribution in [-0.2, 0) is 30.0 Å². The number of fused-ring (bicyclic) bond motifs is 1. The number of rotatable bonds is 11. The van der Waals surface area contributed by atoms with Gasteiger partial charge in [-0.15, -0.1) is 0 Å². The highest BCUT2D eigenvalue weighted by Crippen LogP contribution is 2.38. The number of nitrogens with zero attached hydrogens (tertiary/aromatic N) is 4. The van der Waals surface area contributed by atoms with Crippen LogP contribution in [0.25, 0.3) is 22.2 Å². The summed E-state index contributed by atoms with van der Waals surface area (Å²) in [6.07, 6.45) is 7.53. The standard InChI is InChI=1S/C41H42ClN5O5/c1-26-30(6-5-7-32(26)29-9-10-36-34(18-29)46-40(52-36)41(2)11-13-44-14-12-41)25-51-38-19-37(50-24-28-16-27(20-43)21-45-22-28)31(17-33(38)42)23-47-15-4-3-8-35(47)39(48)49/h5-7,9-10,16-19,21-22,35,44H,3-4,8,11-15,23-25H2,1-2H3,(H,48,49)/t35-/m0/s1. The van der Waals surface area contributed by atoms with Crippen LogP contribution >= 0.6 is 11.6 Å². The van der Waals surface area contributed by atoms with E-state index in [4.69, 9.17) is 30.5 Å². The van der Waals surface area contributed by atoms with E-state index in [-0.39, 0.29) is 18.6 Å². The average Bonchev–Trinajstić information content (AvgIpc) is 3.60. The Morgan fingerprint density at radius 2 is 1.90 bits per heavy atom. The second-order valence-corrected chi connectivity index (χ2v) is 14.5. The number of ether oxygens (including phenoxy) is 2. The molecule has 2 N–H and O–H groups in total. The van der Waals surface area contributed by atoms with Crippen molar-refractivity contribution in [2.75, 3.05) is 19.6 Å². The van der Waals surface area contributed by atoms with E-state index in [1.165, 1.54) is 6.20 Å². The number of nitrogens with one attached hydrogen (secondary N) is 1. The van der Waals surface area contributed by atoms with Gasteiger partial charge in [-0.1, -0.05) is 49.2 Å². The number of likely N-dealkylation sites (tertiary alicyclic amines) is 1. The van der Waals surface area contributed by atoms with Gasteiger partial charge in [-0.3, -0.25) is 14.7 Å². The number of pyridine rings is 1. The molecule has 3 aromatic carbocycles. The lowest BCUT2D eigenvalue weighted by Gasteiger charge is -2.33. The molecule has 0 aliphatic carbocycles. The Balaban J connectivity index is 1.13. The van der Waals surface area contributed by atoms with Gasteiger partial charge in [0.25, 0.3) is 0 Å². The Labute approximate surface area is 308 Å². The van der Waals surface area contributed by atoms with E-state index >= 15 is 0 Å². The first kappa shape index (κ1) is 35.5. The topological polar surface area (TPSA) is 134 Å². The van der Waals surface area contributed by atoms with Gasteiger partial charge in [0.05, 0.1) is 10.6 Å². The molecule has 11 heteroatoms. The summed E-state index contributed by atoms with van der Waals surface area (Å²) in [5.74, 6) is 0.949. The molecule has 0 saturated carbocycles. The second kappa shape index (κ2) is 15.3. The van der Waals surface area contributed by atoms with Crippen molar-refractivity contribution in [1.82, 2.24) is 20.2 Å². The number of aliphatic carboxylic acids is 1. The van der Waals surface area contributed by atoms with Crippen molar-refractivity contribution in [1.29, 1.82) is 5.26 Å². The lowest BCUT2D eigenvalue weighted by atomic mass is 9.81. The summed E-state index contributed by atoms with van der Waals surface area (Å²) in [5.41, 5.74) is 7.70. The number of aromatic nitrogens is 2. The number of halogens is 1. The van der Waals surface area contributed by atoms with Gasteiger partial charge in [-0.05, 0) is 98.8 Å². The molecule has 2 aliphatic heterocycles. The molecule has 5 aromatic rings. The Bertz CT molecular complexity index is 2140. The van der Waals surface area contributed by atoms with Crippen molar-refractivity contribution in [2.45, 2.75) is 77.2 Å². The van der Waals surface area contributed by atoms with Crippen LogP contribution in [-0.4, -0.2) is 51.6 Å². The first-order valence-corrected chi connectivity index (χ1v) is 18.2. The smallest absolute Gasteiger partial charge is 0.320 e. The molecule has 52 heavy (non-hydrogen) atoms. The first-order chi connectivity index (χ1) is 25.2. The van der Waals surface area contributed by atoms with Crippen LogP contribution in [0.3, 0.4) is 0 Å². The molecule has 4 heterocycles. The van der Waals surface area contributed by atoms with Crippen molar-refractivity contribution in [2.24, 2.45) is 0 Å². The van der Waals surface area contributed by atoms with Gasteiger partial charge in [0, 0.05) is 41.5 Å². The monoisotopic (exact) mass is 719 g/mol.